The molecule has 0 aliphatic carbocycles. The largest absolute Gasteiger partial charge is 0.377 e. The molecule has 0 aromatic heterocycles. The zero-order valence-corrected chi connectivity index (χ0v) is 27.3. The molecule has 0 bridgehead atoms. The van der Waals surface area contributed by atoms with Crippen LogP contribution in [0.5, 0.6) is 11.5 Å². The summed E-state index contributed by atoms with van der Waals surface area (Å²) in [4.78, 5) is 24.4. The Morgan fingerprint density at radius 1 is 0.458 bits per heavy atom. The van der Waals surface area contributed by atoms with E-state index in [-0.39, 0.29) is 22.9 Å². The van der Waals surface area contributed by atoms with E-state index >= 15 is 0 Å². The number of carbonyl (C=O) groups excluding carboxylic acids is 2. The molecule has 5 aromatic carbocycles. The zero-order valence-electron chi connectivity index (χ0n) is 25.6. The molecule has 246 valence electrons. The van der Waals surface area contributed by atoms with Crippen LogP contribution < -0.4 is 29.6 Å². The van der Waals surface area contributed by atoms with Gasteiger partial charge < -0.3 is 29.6 Å². The van der Waals surface area contributed by atoms with Gasteiger partial charge in [0.1, 0.15) is 9.79 Å². The summed E-state index contributed by atoms with van der Waals surface area (Å²) in [7, 11) is -9.21. The fourth-order valence-corrected chi connectivity index (χ4v) is 6.44. The van der Waals surface area contributed by atoms with Crippen LogP contribution in [0.4, 0.5) is 32.3 Å². The molecule has 0 atom stereocenters. The number of para-hydroxylation sites is 6. The van der Waals surface area contributed by atoms with Gasteiger partial charge >= 0.3 is 32.3 Å². The quantitative estimate of drug-likeness (QED) is 0.113. The molecule has 14 heteroatoms. The predicted octanol–water partition coefficient (Wildman–Crippen LogP) is 7.13. The van der Waals surface area contributed by atoms with Crippen molar-refractivity contribution in [3.8, 4) is 11.5 Å². The first kappa shape index (κ1) is 33.5. The summed E-state index contributed by atoms with van der Waals surface area (Å²) in [5.74, 6) is -0.406. The number of aryl methyl sites for hydroxylation is 2. The number of carbonyl (C=O) groups is 2. The SMILES string of the molecule is Cc1ccccc1NC(=O)Nc1ccccc1OS(=O)(=O)c1cccc(S(=O)(=O)Oc2ccccc2NC(=O)Nc2ccccc2C)c1. The van der Waals surface area contributed by atoms with E-state index in [2.05, 4.69) is 21.3 Å². The van der Waals surface area contributed by atoms with Gasteiger partial charge in [0.15, 0.2) is 11.5 Å². The minimum atomic E-state index is -4.61. The summed E-state index contributed by atoms with van der Waals surface area (Å²) >= 11 is 0. The molecule has 0 spiro atoms. The van der Waals surface area contributed by atoms with E-state index in [0.29, 0.717) is 11.4 Å². The number of amides is 4. The Labute approximate surface area is 278 Å². The average molecular weight is 687 g/mol. The Hall–Kier alpha value is -5.86. The minimum absolute atomic E-state index is 0.0508. The molecule has 0 radical (unpaired) electrons. The van der Waals surface area contributed by atoms with E-state index in [1.807, 2.05) is 38.1 Å². The highest BCUT2D eigenvalue weighted by Gasteiger charge is 2.25. The summed E-state index contributed by atoms with van der Waals surface area (Å²) in [5, 5.41) is 10.5. The smallest absolute Gasteiger partial charge is 0.339 e. The Kier molecular flexibility index (Phi) is 9.96. The Morgan fingerprint density at radius 3 is 1.19 bits per heavy atom. The fraction of sp³-hybridized carbons (Fsp3) is 0.0588. The molecule has 0 heterocycles. The minimum Gasteiger partial charge on any atom is -0.377 e. The van der Waals surface area contributed by atoms with Gasteiger partial charge in [-0.05, 0) is 79.6 Å². The lowest BCUT2D eigenvalue weighted by atomic mass is 10.2. The van der Waals surface area contributed by atoms with Crippen molar-refractivity contribution in [3.63, 3.8) is 0 Å². The van der Waals surface area contributed by atoms with Crippen LogP contribution in [0.1, 0.15) is 11.1 Å². The first-order valence-electron chi connectivity index (χ1n) is 14.4. The van der Waals surface area contributed by atoms with Crippen LogP contribution >= 0.6 is 0 Å². The maximum Gasteiger partial charge on any atom is 0.339 e. The van der Waals surface area contributed by atoms with Crippen molar-refractivity contribution in [1.82, 2.24) is 0 Å². The topological polar surface area (TPSA) is 169 Å². The molecule has 0 fully saturated rings. The van der Waals surface area contributed by atoms with E-state index in [4.69, 9.17) is 8.37 Å². The highest BCUT2D eigenvalue weighted by Crippen LogP contribution is 2.31. The predicted molar refractivity (Wildman–Crippen MR) is 183 cm³/mol. The molecule has 0 unspecified atom stereocenters. The van der Waals surface area contributed by atoms with Gasteiger partial charge in [-0.25, -0.2) is 9.59 Å². The second-order valence-electron chi connectivity index (χ2n) is 10.3. The third-order valence-corrected chi connectivity index (χ3v) is 9.30. The second kappa shape index (κ2) is 14.3. The van der Waals surface area contributed by atoms with Crippen molar-refractivity contribution in [2.45, 2.75) is 23.6 Å². The third kappa shape index (κ3) is 8.29. The summed E-state index contributed by atoms with van der Waals surface area (Å²) in [6.07, 6.45) is 0. The van der Waals surface area contributed by atoms with Gasteiger partial charge in [-0.15, -0.1) is 0 Å². The highest BCUT2D eigenvalue weighted by atomic mass is 32.2. The van der Waals surface area contributed by atoms with Crippen LogP contribution in [-0.2, 0) is 20.2 Å². The van der Waals surface area contributed by atoms with E-state index < -0.39 is 42.1 Å². The van der Waals surface area contributed by atoms with Crippen molar-refractivity contribution in [3.05, 3.63) is 132 Å². The lowest BCUT2D eigenvalue weighted by molar-refractivity contribution is 0.261. The number of hydrogen-bond donors (Lipinski definition) is 4. The molecule has 0 aliphatic heterocycles. The molecule has 5 rings (SSSR count). The molecule has 0 aliphatic rings. The Balaban J connectivity index is 1.31. The lowest BCUT2D eigenvalue weighted by Gasteiger charge is -2.15. The number of rotatable bonds is 10. The number of anilines is 4. The summed E-state index contributed by atoms with van der Waals surface area (Å²) in [6.45, 7) is 3.64. The van der Waals surface area contributed by atoms with Gasteiger partial charge in [-0.2, -0.15) is 16.8 Å². The number of urea groups is 2. The van der Waals surface area contributed by atoms with Crippen molar-refractivity contribution in [2.75, 3.05) is 21.3 Å². The van der Waals surface area contributed by atoms with E-state index in [9.17, 15) is 26.4 Å². The molecular weight excluding hydrogens is 657 g/mol. The zero-order chi connectivity index (χ0) is 34.3. The standard InChI is InChI=1S/C34H30N4O8S2/c1-23-12-3-5-16-27(23)35-33(39)37-29-18-7-9-20-31(29)45-47(41,42)25-14-11-15-26(22-25)48(43,44)46-32-21-10-8-19-30(32)38-34(40)36-28-17-6-4-13-24(28)2/h3-22H,1-2H3,(H2,35,37,39)(H2,36,38,40). The monoisotopic (exact) mass is 686 g/mol. The molecule has 0 saturated carbocycles. The van der Waals surface area contributed by atoms with Gasteiger partial charge in [-0.1, -0.05) is 66.7 Å². The third-order valence-electron chi connectivity index (χ3n) is 6.84. The van der Waals surface area contributed by atoms with E-state index in [1.165, 1.54) is 42.5 Å². The first-order valence-corrected chi connectivity index (χ1v) is 17.2. The molecule has 5 aromatic rings. The average Bonchev–Trinajstić information content (AvgIpc) is 3.05. The van der Waals surface area contributed by atoms with Crippen LogP contribution in [0, 0.1) is 13.8 Å². The second-order valence-corrected chi connectivity index (χ2v) is 13.4. The van der Waals surface area contributed by atoms with Crippen molar-refractivity contribution in [2.24, 2.45) is 0 Å². The van der Waals surface area contributed by atoms with Crippen LogP contribution in [0.3, 0.4) is 0 Å². The number of benzene rings is 5. The van der Waals surface area contributed by atoms with Crippen molar-refractivity contribution >= 4 is 55.0 Å². The Morgan fingerprint density at radius 2 is 0.792 bits per heavy atom. The van der Waals surface area contributed by atoms with Crippen LogP contribution in [-0.4, -0.2) is 28.9 Å². The van der Waals surface area contributed by atoms with Gasteiger partial charge in [-0.3, -0.25) is 0 Å². The molecule has 4 N–H and O–H groups in total. The number of nitrogens with one attached hydrogen (secondary N) is 4. The Bertz CT molecular complexity index is 2050. The van der Waals surface area contributed by atoms with Crippen LogP contribution in [0.2, 0.25) is 0 Å². The molecule has 12 nitrogen and oxygen atoms in total. The lowest BCUT2D eigenvalue weighted by Crippen LogP contribution is -2.21. The van der Waals surface area contributed by atoms with E-state index in [1.54, 1.807) is 36.4 Å². The highest BCUT2D eigenvalue weighted by molar-refractivity contribution is 7.88. The summed E-state index contributed by atoms with van der Waals surface area (Å²) in [5.41, 5.74) is 2.86. The maximum atomic E-state index is 13.3. The molecule has 4 amide bonds. The van der Waals surface area contributed by atoms with Crippen molar-refractivity contribution < 1.29 is 34.8 Å². The molecular formula is C34H30N4O8S2. The normalized spacial score (nSPS) is 11.2. The fourth-order valence-electron chi connectivity index (χ4n) is 4.38. The van der Waals surface area contributed by atoms with Crippen LogP contribution in [0.15, 0.2) is 131 Å². The van der Waals surface area contributed by atoms with Crippen molar-refractivity contribution in [1.29, 1.82) is 0 Å². The van der Waals surface area contributed by atoms with E-state index in [0.717, 1.165) is 29.3 Å². The maximum absolute atomic E-state index is 13.3. The van der Waals surface area contributed by atoms with Gasteiger partial charge in [0.05, 0.1) is 11.4 Å². The summed E-state index contributed by atoms with van der Waals surface area (Å²) < 4.78 is 64.0. The molecule has 0 saturated heterocycles. The van der Waals surface area contributed by atoms with Gasteiger partial charge in [0.2, 0.25) is 0 Å². The summed E-state index contributed by atoms with van der Waals surface area (Å²) in [6, 6.07) is 29.1. The van der Waals surface area contributed by atoms with Gasteiger partial charge in [0.25, 0.3) is 0 Å². The number of hydrogen-bond acceptors (Lipinski definition) is 8. The first-order chi connectivity index (χ1) is 22.9. The van der Waals surface area contributed by atoms with Gasteiger partial charge in [0, 0.05) is 11.4 Å². The molecule has 48 heavy (non-hydrogen) atoms. The van der Waals surface area contributed by atoms with Crippen LogP contribution in [0.25, 0.3) is 0 Å².